The molecule has 0 saturated heterocycles. The van der Waals surface area contributed by atoms with E-state index < -0.39 is 0 Å². The first-order chi connectivity index (χ1) is 11.6. The topological polar surface area (TPSA) is 54.4 Å². The molecule has 0 atom stereocenters. The summed E-state index contributed by atoms with van der Waals surface area (Å²) in [5.74, 6) is 0.848. The maximum Gasteiger partial charge on any atom is 0.170 e. The van der Waals surface area contributed by atoms with Crippen LogP contribution in [0.25, 0.3) is 0 Å². The van der Waals surface area contributed by atoms with Crippen LogP contribution in [0.3, 0.4) is 0 Å². The summed E-state index contributed by atoms with van der Waals surface area (Å²) >= 11 is 5.30. The van der Waals surface area contributed by atoms with Crippen molar-refractivity contribution in [2.24, 2.45) is 0 Å². The fraction of sp³-hybridized carbons (Fsp3) is 0.412. The number of aromatic nitrogens is 2. The van der Waals surface area contributed by atoms with Gasteiger partial charge in [-0.3, -0.25) is 4.68 Å². The molecule has 1 aromatic carbocycles. The van der Waals surface area contributed by atoms with Crippen LogP contribution in [0.15, 0.2) is 36.7 Å². The Balaban J connectivity index is 1.81. The van der Waals surface area contributed by atoms with Crippen LogP contribution in [0.4, 0.5) is 5.69 Å². The zero-order chi connectivity index (χ0) is 17.4. The van der Waals surface area contributed by atoms with E-state index in [1.54, 1.807) is 13.3 Å². The molecule has 0 fully saturated rings. The molecule has 0 radical (unpaired) electrons. The summed E-state index contributed by atoms with van der Waals surface area (Å²) in [5, 5.41) is 11.3. The van der Waals surface area contributed by atoms with Crippen LogP contribution in [-0.4, -0.2) is 54.1 Å². The average molecular weight is 347 g/mol. The summed E-state index contributed by atoms with van der Waals surface area (Å²) < 4.78 is 7.11. The smallest absolute Gasteiger partial charge is 0.170 e. The second-order valence-corrected chi connectivity index (χ2v) is 6.22. The van der Waals surface area contributed by atoms with E-state index in [4.69, 9.17) is 17.0 Å². The van der Waals surface area contributed by atoms with E-state index in [9.17, 15) is 0 Å². The Morgan fingerprint density at radius 2 is 2.21 bits per heavy atom. The van der Waals surface area contributed by atoms with Crippen molar-refractivity contribution in [1.29, 1.82) is 0 Å². The van der Waals surface area contributed by atoms with Gasteiger partial charge in [-0.05, 0) is 57.0 Å². The van der Waals surface area contributed by atoms with Crippen LogP contribution in [0.1, 0.15) is 12.0 Å². The predicted octanol–water partition coefficient (Wildman–Crippen LogP) is 2.18. The maximum atomic E-state index is 5.30. The van der Waals surface area contributed by atoms with Gasteiger partial charge in [0.05, 0.1) is 25.5 Å². The van der Waals surface area contributed by atoms with Gasteiger partial charge < -0.3 is 20.3 Å². The molecule has 2 aromatic rings. The second kappa shape index (κ2) is 9.24. The Hall–Kier alpha value is -2.12. The monoisotopic (exact) mass is 347 g/mol. The van der Waals surface area contributed by atoms with Crippen molar-refractivity contribution >= 4 is 23.0 Å². The van der Waals surface area contributed by atoms with Crippen LogP contribution >= 0.6 is 12.2 Å². The van der Waals surface area contributed by atoms with Gasteiger partial charge in [-0.15, -0.1) is 0 Å². The first kappa shape index (κ1) is 18.2. The number of hydrogen-bond acceptors (Lipinski definition) is 4. The molecular weight excluding hydrogens is 322 g/mol. The molecule has 0 aliphatic rings. The van der Waals surface area contributed by atoms with E-state index in [0.717, 1.165) is 36.5 Å². The van der Waals surface area contributed by atoms with Gasteiger partial charge in [-0.2, -0.15) is 5.10 Å². The number of ether oxygens (including phenoxy) is 1. The molecule has 0 saturated carbocycles. The van der Waals surface area contributed by atoms with Crippen LogP contribution in [-0.2, 0) is 6.54 Å². The molecule has 24 heavy (non-hydrogen) atoms. The molecule has 1 aromatic heterocycles. The molecule has 1 heterocycles. The Kier molecular flexibility index (Phi) is 7.02. The lowest BCUT2D eigenvalue weighted by molar-refractivity contribution is 0.400. The number of nitrogens with zero attached hydrogens (tertiary/aromatic N) is 3. The molecule has 0 aliphatic heterocycles. The van der Waals surface area contributed by atoms with E-state index in [0.29, 0.717) is 11.7 Å². The first-order valence-corrected chi connectivity index (χ1v) is 8.32. The summed E-state index contributed by atoms with van der Waals surface area (Å²) in [5.41, 5.74) is 2.01. The average Bonchev–Trinajstić information content (AvgIpc) is 2.98. The van der Waals surface area contributed by atoms with E-state index in [-0.39, 0.29) is 0 Å². The third-order valence-corrected chi connectivity index (χ3v) is 3.68. The molecule has 0 amide bonds. The minimum absolute atomic E-state index is 0.620. The van der Waals surface area contributed by atoms with Gasteiger partial charge in [0, 0.05) is 12.7 Å². The van der Waals surface area contributed by atoms with Gasteiger partial charge in [0.25, 0.3) is 0 Å². The van der Waals surface area contributed by atoms with Crippen LogP contribution in [0, 0.1) is 0 Å². The van der Waals surface area contributed by atoms with E-state index in [1.807, 2.05) is 35.1 Å². The lowest BCUT2D eigenvalue weighted by Crippen LogP contribution is -2.30. The van der Waals surface area contributed by atoms with Crippen molar-refractivity contribution < 1.29 is 4.74 Å². The van der Waals surface area contributed by atoms with Gasteiger partial charge in [-0.25, -0.2) is 0 Å². The molecule has 2 N–H and O–H groups in total. The van der Waals surface area contributed by atoms with Gasteiger partial charge >= 0.3 is 0 Å². The van der Waals surface area contributed by atoms with Gasteiger partial charge in [0.2, 0.25) is 0 Å². The molecule has 130 valence electrons. The zero-order valence-corrected chi connectivity index (χ0v) is 15.3. The Labute approximate surface area is 148 Å². The molecule has 2 rings (SSSR count). The van der Waals surface area contributed by atoms with Crippen LogP contribution in [0.2, 0.25) is 0 Å². The highest BCUT2D eigenvalue weighted by molar-refractivity contribution is 7.80. The zero-order valence-electron chi connectivity index (χ0n) is 14.5. The van der Waals surface area contributed by atoms with Crippen molar-refractivity contribution in [3.05, 3.63) is 42.2 Å². The molecule has 0 spiro atoms. The first-order valence-electron chi connectivity index (χ1n) is 7.92. The summed E-state index contributed by atoms with van der Waals surface area (Å²) in [7, 11) is 5.79. The van der Waals surface area contributed by atoms with Gasteiger partial charge in [0.15, 0.2) is 5.11 Å². The number of hydrogen-bond donors (Lipinski definition) is 2. The minimum Gasteiger partial charge on any atom is -0.497 e. The fourth-order valence-corrected chi connectivity index (χ4v) is 2.46. The van der Waals surface area contributed by atoms with Crippen molar-refractivity contribution in [2.75, 3.05) is 39.6 Å². The lowest BCUT2D eigenvalue weighted by Gasteiger charge is -2.11. The number of methoxy groups -OCH3 is 1. The fourth-order valence-electron chi connectivity index (χ4n) is 2.24. The third kappa shape index (κ3) is 6.17. The summed E-state index contributed by atoms with van der Waals surface area (Å²) in [6.07, 6.45) is 4.76. The molecule has 6 nitrogen and oxygen atoms in total. The Morgan fingerprint density at radius 3 is 2.96 bits per heavy atom. The summed E-state index contributed by atoms with van der Waals surface area (Å²) in [6, 6.07) is 7.96. The third-order valence-electron chi connectivity index (χ3n) is 3.44. The lowest BCUT2D eigenvalue weighted by atomic mass is 10.2. The van der Waals surface area contributed by atoms with Crippen molar-refractivity contribution in [3.8, 4) is 5.75 Å². The van der Waals surface area contributed by atoms with Gasteiger partial charge in [0.1, 0.15) is 5.75 Å². The second-order valence-electron chi connectivity index (χ2n) is 5.82. The molecule has 0 unspecified atom stereocenters. The predicted molar refractivity (Wildman–Crippen MR) is 102 cm³/mol. The van der Waals surface area contributed by atoms with Crippen molar-refractivity contribution in [3.63, 3.8) is 0 Å². The Bertz CT molecular complexity index is 656. The quantitative estimate of drug-likeness (QED) is 0.564. The van der Waals surface area contributed by atoms with Crippen LogP contribution < -0.4 is 15.4 Å². The van der Waals surface area contributed by atoms with Gasteiger partial charge in [-0.1, -0.05) is 12.1 Å². The normalized spacial score (nSPS) is 10.7. The van der Waals surface area contributed by atoms with Crippen molar-refractivity contribution in [1.82, 2.24) is 20.0 Å². The molecule has 0 aliphatic carbocycles. The number of thiocarbonyl (C=S) groups is 1. The number of benzene rings is 1. The largest absolute Gasteiger partial charge is 0.497 e. The number of rotatable bonds is 8. The maximum absolute atomic E-state index is 5.30. The molecule has 7 heteroatoms. The standard InChI is InChI=1S/C17H25N5OS/c1-21(2)9-5-8-18-17(24)20-15-11-19-22(13-15)12-14-6-4-7-16(10-14)23-3/h4,6-7,10-11,13H,5,8-9,12H2,1-3H3,(H2,18,20,24). The molecule has 0 bridgehead atoms. The van der Waals surface area contributed by atoms with E-state index in [1.165, 1.54) is 0 Å². The van der Waals surface area contributed by atoms with Crippen molar-refractivity contribution in [2.45, 2.75) is 13.0 Å². The minimum atomic E-state index is 0.620. The highest BCUT2D eigenvalue weighted by atomic mass is 32.1. The Morgan fingerprint density at radius 1 is 1.38 bits per heavy atom. The van der Waals surface area contributed by atoms with E-state index >= 15 is 0 Å². The van der Waals surface area contributed by atoms with E-state index in [2.05, 4.69) is 34.7 Å². The molecular formula is C17H25N5OS. The number of nitrogens with one attached hydrogen (secondary N) is 2. The van der Waals surface area contributed by atoms with Crippen LogP contribution in [0.5, 0.6) is 5.75 Å². The highest BCUT2D eigenvalue weighted by Crippen LogP contribution is 2.14. The summed E-state index contributed by atoms with van der Waals surface area (Å²) in [4.78, 5) is 2.15. The summed E-state index contributed by atoms with van der Waals surface area (Å²) in [6.45, 7) is 2.57. The SMILES string of the molecule is COc1cccc(Cn2cc(NC(=S)NCCCN(C)C)cn2)c1. The number of anilines is 1. The highest BCUT2D eigenvalue weighted by Gasteiger charge is 2.03.